The maximum absolute atomic E-state index is 5.21. The molecule has 10 rings (SSSR count). The van der Waals surface area contributed by atoms with Gasteiger partial charge in [-0.1, -0.05) is 140 Å². The number of nitrogens with zero attached hydrogens (tertiary/aromatic N) is 5. The van der Waals surface area contributed by atoms with Gasteiger partial charge >= 0.3 is 0 Å². The van der Waals surface area contributed by atoms with Gasteiger partial charge in [-0.25, -0.2) is 19.9 Å². The molecule has 0 radical (unpaired) electrons. The zero-order valence-corrected chi connectivity index (χ0v) is 29.2. The molecule has 0 saturated carbocycles. The van der Waals surface area contributed by atoms with Crippen LogP contribution in [0.25, 0.3) is 98.7 Å². The summed E-state index contributed by atoms with van der Waals surface area (Å²) in [5.74, 6) is 1.89. The van der Waals surface area contributed by atoms with Crippen molar-refractivity contribution in [3.05, 3.63) is 176 Å². The maximum Gasteiger partial charge on any atom is 0.164 e. The van der Waals surface area contributed by atoms with E-state index in [0.717, 1.165) is 55.5 Å². The summed E-state index contributed by atoms with van der Waals surface area (Å²) >= 11 is 1.79. The molecule has 0 aliphatic carbocycles. The molecule has 0 fully saturated rings. The molecule has 248 valence electrons. The third-order valence-corrected chi connectivity index (χ3v) is 10.8. The highest BCUT2D eigenvalue weighted by Crippen LogP contribution is 2.43. The third kappa shape index (κ3) is 5.72. The van der Waals surface area contributed by atoms with E-state index in [1.54, 1.807) is 11.3 Å². The lowest BCUT2D eigenvalue weighted by Crippen LogP contribution is -2.00. The predicted molar refractivity (Wildman–Crippen MR) is 218 cm³/mol. The Morgan fingerprint density at radius 3 is 1.64 bits per heavy atom. The van der Waals surface area contributed by atoms with E-state index in [-0.39, 0.29) is 0 Å². The molecule has 0 unspecified atom stereocenters. The lowest BCUT2D eigenvalue weighted by molar-refractivity contribution is 1.07. The first kappa shape index (κ1) is 30.9. The number of hydrogen-bond donors (Lipinski definition) is 0. The quantitative estimate of drug-likeness (QED) is 0.173. The Hall–Kier alpha value is -6.89. The van der Waals surface area contributed by atoms with E-state index < -0.39 is 0 Å². The van der Waals surface area contributed by atoms with Gasteiger partial charge in [0.15, 0.2) is 17.5 Å². The van der Waals surface area contributed by atoms with Crippen molar-refractivity contribution in [2.45, 2.75) is 0 Å². The normalized spacial score (nSPS) is 11.4. The van der Waals surface area contributed by atoms with E-state index in [1.807, 2.05) is 54.9 Å². The largest absolute Gasteiger partial charge is 0.264 e. The van der Waals surface area contributed by atoms with Gasteiger partial charge in [-0.05, 0) is 46.5 Å². The second-order valence-electron chi connectivity index (χ2n) is 12.9. The summed E-state index contributed by atoms with van der Waals surface area (Å²) in [5.41, 5.74) is 10.2. The summed E-state index contributed by atoms with van der Waals surface area (Å²) in [4.78, 5) is 24.7. The number of benzene rings is 6. The summed E-state index contributed by atoms with van der Waals surface area (Å²) in [5, 5.41) is 3.52. The van der Waals surface area contributed by atoms with E-state index in [0.29, 0.717) is 17.5 Å². The van der Waals surface area contributed by atoms with Crippen molar-refractivity contribution in [3.8, 4) is 67.7 Å². The Morgan fingerprint density at radius 2 is 0.906 bits per heavy atom. The van der Waals surface area contributed by atoms with Gasteiger partial charge in [0.2, 0.25) is 0 Å². The highest BCUT2D eigenvalue weighted by Gasteiger charge is 2.17. The Bertz CT molecular complexity index is 2940. The first-order chi connectivity index (χ1) is 26.2. The molecule has 0 bridgehead atoms. The molecule has 10 aromatic rings. The third-order valence-electron chi connectivity index (χ3n) is 9.62. The molecule has 6 aromatic carbocycles. The number of aromatic nitrogens is 5. The molecule has 0 aliphatic rings. The van der Waals surface area contributed by atoms with Gasteiger partial charge in [-0.2, -0.15) is 0 Å². The van der Waals surface area contributed by atoms with Crippen LogP contribution in [0.15, 0.2) is 176 Å². The molecular formula is C47H29N5S. The SMILES string of the molecule is c1ccc(-c2ccc(-c3nc(-c4ccccc4)nc(-c4cccc(-c5cccc(-c6nc7ccncc7c7c6sc6ccccc67)c5)c4)n3)cc2)cc1. The maximum atomic E-state index is 5.21. The summed E-state index contributed by atoms with van der Waals surface area (Å²) < 4.78 is 2.41. The van der Waals surface area contributed by atoms with E-state index in [9.17, 15) is 0 Å². The van der Waals surface area contributed by atoms with Crippen LogP contribution in [0.1, 0.15) is 0 Å². The van der Waals surface area contributed by atoms with E-state index in [2.05, 4.69) is 126 Å². The molecule has 4 heterocycles. The lowest BCUT2D eigenvalue weighted by atomic mass is 9.98. The van der Waals surface area contributed by atoms with Crippen LogP contribution in [0, 0.1) is 0 Å². The fraction of sp³-hybridized carbons (Fsp3) is 0. The fourth-order valence-corrected chi connectivity index (χ4v) is 8.23. The molecule has 0 saturated heterocycles. The van der Waals surface area contributed by atoms with E-state index in [4.69, 9.17) is 19.9 Å². The second-order valence-corrected chi connectivity index (χ2v) is 14.0. The smallest absolute Gasteiger partial charge is 0.164 e. The molecular weight excluding hydrogens is 667 g/mol. The number of pyridine rings is 2. The van der Waals surface area contributed by atoms with Crippen LogP contribution in [-0.4, -0.2) is 24.9 Å². The Labute approximate surface area is 310 Å². The second kappa shape index (κ2) is 13.0. The van der Waals surface area contributed by atoms with Crippen molar-refractivity contribution >= 4 is 42.4 Å². The van der Waals surface area contributed by atoms with Gasteiger partial charge in [0.25, 0.3) is 0 Å². The monoisotopic (exact) mass is 695 g/mol. The van der Waals surface area contributed by atoms with Gasteiger partial charge in [-0.15, -0.1) is 11.3 Å². The lowest BCUT2D eigenvalue weighted by Gasteiger charge is -2.11. The number of fused-ring (bicyclic) bond motifs is 5. The van der Waals surface area contributed by atoms with Crippen LogP contribution < -0.4 is 0 Å². The zero-order chi connectivity index (χ0) is 35.1. The first-order valence-corrected chi connectivity index (χ1v) is 18.3. The highest BCUT2D eigenvalue weighted by molar-refractivity contribution is 7.26. The summed E-state index contributed by atoms with van der Waals surface area (Å²) in [7, 11) is 0. The number of hydrogen-bond acceptors (Lipinski definition) is 6. The average molecular weight is 696 g/mol. The Morgan fingerprint density at radius 1 is 0.377 bits per heavy atom. The molecule has 0 spiro atoms. The average Bonchev–Trinajstić information content (AvgIpc) is 3.64. The molecule has 6 heteroatoms. The minimum absolute atomic E-state index is 0.621. The van der Waals surface area contributed by atoms with Crippen LogP contribution >= 0.6 is 11.3 Å². The minimum Gasteiger partial charge on any atom is -0.264 e. The van der Waals surface area contributed by atoms with Crippen molar-refractivity contribution in [2.24, 2.45) is 0 Å². The van der Waals surface area contributed by atoms with Gasteiger partial charge < -0.3 is 0 Å². The van der Waals surface area contributed by atoms with Crippen LogP contribution in [0.2, 0.25) is 0 Å². The van der Waals surface area contributed by atoms with Crippen LogP contribution in [-0.2, 0) is 0 Å². The van der Waals surface area contributed by atoms with Gasteiger partial charge in [0.1, 0.15) is 0 Å². The predicted octanol–water partition coefficient (Wildman–Crippen LogP) is 12.2. The van der Waals surface area contributed by atoms with Crippen molar-refractivity contribution in [1.82, 2.24) is 24.9 Å². The van der Waals surface area contributed by atoms with E-state index >= 15 is 0 Å². The molecule has 0 atom stereocenters. The van der Waals surface area contributed by atoms with E-state index in [1.165, 1.54) is 25.7 Å². The molecule has 53 heavy (non-hydrogen) atoms. The van der Waals surface area contributed by atoms with Crippen LogP contribution in [0.5, 0.6) is 0 Å². The molecule has 4 aromatic heterocycles. The first-order valence-electron chi connectivity index (χ1n) is 17.5. The van der Waals surface area contributed by atoms with Crippen molar-refractivity contribution < 1.29 is 0 Å². The summed E-state index contributed by atoms with van der Waals surface area (Å²) in [6.07, 6.45) is 3.75. The molecule has 0 N–H and O–H groups in total. The van der Waals surface area contributed by atoms with Gasteiger partial charge in [0.05, 0.1) is 15.9 Å². The highest BCUT2D eigenvalue weighted by atomic mass is 32.1. The molecule has 0 aliphatic heterocycles. The van der Waals surface area contributed by atoms with Crippen molar-refractivity contribution in [2.75, 3.05) is 0 Å². The summed E-state index contributed by atoms with van der Waals surface area (Å²) in [6, 6.07) is 56.6. The topological polar surface area (TPSA) is 64.5 Å². The van der Waals surface area contributed by atoms with Crippen LogP contribution in [0.4, 0.5) is 0 Å². The minimum atomic E-state index is 0.621. The standard InChI is InChI=1S/C47H29N5S/c1-3-11-30(12-4-1)31-21-23-33(24-22-31)46-50-45(32-13-5-2-6-14-32)51-47(52-46)37-18-10-16-35(28-37)34-15-9-17-36(27-34)43-44-42(38-19-7-8-20-41(38)53-44)39-29-48-26-25-40(39)49-43/h1-29H. The van der Waals surface area contributed by atoms with Crippen LogP contribution in [0.3, 0.4) is 0 Å². The Balaban J connectivity index is 1.07. The number of thiophene rings is 1. The molecule has 0 amide bonds. The summed E-state index contributed by atoms with van der Waals surface area (Å²) in [6.45, 7) is 0. The fourth-order valence-electron chi connectivity index (χ4n) is 7.00. The van der Waals surface area contributed by atoms with Gasteiger partial charge in [-0.3, -0.25) is 4.98 Å². The Kier molecular flexibility index (Phi) is 7.59. The number of rotatable bonds is 6. The van der Waals surface area contributed by atoms with Crippen molar-refractivity contribution in [3.63, 3.8) is 0 Å². The zero-order valence-electron chi connectivity index (χ0n) is 28.4. The van der Waals surface area contributed by atoms with Gasteiger partial charge in [0, 0.05) is 55.5 Å². The molecule has 5 nitrogen and oxygen atoms in total. The van der Waals surface area contributed by atoms with Crippen molar-refractivity contribution in [1.29, 1.82) is 0 Å².